The Morgan fingerprint density at radius 3 is 2.93 bits per heavy atom. The van der Waals surface area contributed by atoms with Crippen molar-refractivity contribution in [3.63, 3.8) is 0 Å². The van der Waals surface area contributed by atoms with Crippen LogP contribution in [0, 0.1) is 0 Å². The minimum atomic E-state index is 0.347. The first kappa shape index (κ1) is 9.18. The second-order valence-corrected chi connectivity index (χ2v) is 3.17. The number of aromatic nitrogens is 3. The number of imidazole rings is 1. The maximum atomic E-state index is 5.96. The van der Waals surface area contributed by atoms with Crippen molar-refractivity contribution < 1.29 is 0 Å². The maximum absolute atomic E-state index is 5.96. The van der Waals surface area contributed by atoms with Crippen LogP contribution >= 0.6 is 11.6 Å². The number of rotatable bonds is 2. The van der Waals surface area contributed by atoms with Crippen molar-refractivity contribution in [1.29, 1.82) is 0 Å². The number of aromatic amines is 1. The molecule has 72 valence electrons. The molecule has 14 heavy (non-hydrogen) atoms. The largest absolute Gasteiger partial charge is 0.331 e. The molecule has 2 rings (SSSR count). The molecule has 0 unspecified atom stereocenters. The first-order valence-corrected chi connectivity index (χ1v) is 4.54. The number of nitrogens with zero attached hydrogens (tertiary/aromatic N) is 2. The SMILES string of the molecule is NCc1nc(-c2cccnc2)c(Cl)[nH]1. The molecule has 0 bridgehead atoms. The van der Waals surface area contributed by atoms with Crippen molar-refractivity contribution in [3.05, 3.63) is 35.5 Å². The van der Waals surface area contributed by atoms with Gasteiger partial charge in [0.25, 0.3) is 0 Å². The molecule has 0 aliphatic heterocycles. The third kappa shape index (κ3) is 1.62. The predicted molar refractivity (Wildman–Crippen MR) is 54.7 cm³/mol. The standard InChI is InChI=1S/C9H9ClN4/c10-9-8(13-7(4-11)14-9)6-2-1-3-12-5-6/h1-3,5H,4,11H2,(H,13,14). The van der Waals surface area contributed by atoms with Gasteiger partial charge in [-0.2, -0.15) is 0 Å². The fourth-order valence-corrected chi connectivity index (χ4v) is 1.45. The van der Waals surface area contributed by atoms with Gasteiger partial charge in [0.1, 0.15) is 16.7 Å². The highest BCUT2D eigenvalue weighted by molar-refractivity contribution is 6.31. The molecule has 5 heteroatoms. The lowest BCUT2D eigenvalue weighted by Gasteiger charge is -1.94. The van der Waals surface area contributed by atoms with Crippen LogP contribution in [0.1, 0.15) is 5.82 Å². The zero-order valence-corrected chi connectivity index (χ0v) is 8.12. The third-order valence-electron chi connectivity index (χ3n) is 1.84. The van der Waals surface area contributed by atoms with Crippen LogP contribution in [0.3, 0.4) is 0 Å². The van der Waals surface area contributed by atoms with Crippen LogP contribution in [0.5, 0.6) is 0 Å². The molecule has 0 aromatic carbocycles. The van der Waals surface area contributed by atoms with E-state index in [4.69, 9.17) is 17.3 Å². The van der Waals surface area contributed by atoms with E-state index in [9.17, 15) is 0 Å². The second kappa shape index (κ2) is 3.77. The summed E-state index contributed by atoms with van der Waals surface area (Å²) in [7, 11) is 0. The summed E-state index contributed by atoms with van der Waals surface area (Å²) in [6, 6.07) is 3.73. The number of pyridine rings is 1. The van der Waals surface area contributed by atoms with Crippen molar-refractivity contribution in [2.45, 2.75) is 6.54 Å². The molecule has 0 saturated heterocycles. The van der Waals surface area contributed by atoms with Crippen LogP contribution in [0.4, 0.5) is 0 Å². The molecule has 4 nitrogen and oxygen atoms in total. The molecular weight excluding hydrogens is 200 g/mol. The van der Waals surface area contributed by atoms with Crippen LogP contribution in [0.25, 0.3) is 11.3 Å². The van der Waals surface area contributed by atoms with Gasteiger partial charge in [0.05, 0.1) is 6.54 Å². The average Bonchev–Trinajstić information content (AvgIpc) is 2.61. The Morgan fingerprint density at radius 2 is 2.36 bits per heavy atom. The Morgan fingerprint density at radius 1 is 1.50 bits per heavy atom. The lowest BCUT2D eigenvalue weighted by molar-refractivity contribution is 0.950. The smallest absolute Gasteiger partial charge is 0.134 e. The fourth-order valence-electron chi connectivity index (χ4n) is 1.19. The minimum absolute atomic E-state index is 0.347. The highest BCUT2D eigenvalue weighted by Gasteiger charge is 2.08. The molecule has 0 radical (unpaired) electrons. The van der Waals surface area contributed by atoms with Gasteiger partial charge >= 0.3 is 0 Å². The van der Waals surface area contributed by atoms with Gasteiger partial charge in [-0.25, -0.2) is 4.98 Å². The van der Waals surface area contributed by atoms with Crippen LogP contribution in [-0.2, 0) is 6.54 Å². The molecule has 0 atom stereocenters. The topological polar surface area (TPSA) is 67.6 Å². The molecule has 2 aromatic rings. The van der Waals surface area contributed by atoms with Gasteiger partial charge in [-0.05, 0) is 12.1 Å². The van der Waals surface area contributed by atoms with Crippen molar-refractivity contribution in [1.82, 2.24) is 15.0 Å². The predicted octanol–water partition coefficient (Wildman–Crippen LogP) is 1.58. The number of hydrogen-bond donors (Lipinski definition) is 2. The van der Waals surface area contributed by atoms with E-state index in [2.05, 4.69) is 15.0 Å². The molecule has 0 saturated carbocycles. The van der Waals surface area contributed by atoms with Crippen molar-refractivity contribution >= 4 is 11.6 Å². The summed E-state index contributed by atoms with van der Waals surface area (Å²) in [5, 5.41) is 0.499. The van der Waals surface area contributed by atoms with Gasteiger partial charge in [0.2, 0.25) is 0 Å². The fraction of sp³-hybridized carbons (Fsp3) is 0.111. The first-order chi connectivity index (χ1) is 6.81. The highest BCUT2D eigenvalue weighted by atomic mass is 35.5. The van der Waals surface area contributed by atoms with Crippen molar-refractivity contribution in [2.24, 2.45) is 5.73 Å². The van der Waals surface area contributed by atoms with Crippen LogP contribution in [0.15, 0.2) is 24.5 Å². The molecular formula is C9H9ClN4. The molecule has 0 aliphatic carbocycles. The van der Waals surface area contributed by atoms with Gasteiger partial charge in [-0.15, -0.1) is 0 Å². The quantitative estimate of drug-likeness (QED) is 0.788. The number of nitrogens with one attached hydrogen (secondary N) is 1. The van der Waals surface area contributed by atoms with E-state index in [0.29, 0.717) is 23.2 Å². The summed E-state index contributed by atoms with van der Waals surface area (Å²) in [5.74, 6) is 0.675. The summed E-state index contributed by atoms with van der Waals surface area (Å²) in [6.45, 7) is 0.347. The number of hydrogen-bond acceptors (Lipinski definition) is 3. The molecule has 0 amide bonds. The minimum Gasteiger partial charge on any atom is -0.331 e. The number of nitrogens with two attached hydrogens (primary N) is 1. The van der Waals surface area contributed by atoms with Gasteiger partial charge in [-0.1, -0.05) is 11.6 Å². The van der Waals surface area contributed by atoms with Gasteiger partial charge in [-0.3, -0.25) is 4.98 Å². The van der Waals surface area contributed by atoms with E-state index in [0.717, 1.165) is 5.56 Å². The second-order valence-electron chi connectivity index (χ2n) is 2.79. The van der Waals surface area contributed by atoms with E-state index in [1.807, 2.05) is 12.1 Å². The van der Waals surface area contributed by atoms with Crippen molar-refractivity contribution in [3.8, 4) is 11.3 Å². The average molecular weight is 209 g/mol. The third-order valence-corrected chi connectivity index (χ3v) is 2.11. The Bertz CT molecular complexity index is 424. The molecule has 3 N–H and O–H groups in total. The lowest BCUT2D eigenvalue weighted by atomic mass is 10.2. The molecule has 0 spiro atoms. The Kier molecular flexibility index (Phi) is 2.47. The van der Waals surface area contributed by atoms with Gasteiger partial charge in [0.15, 0.2) is 0 Å². The number of H-pyrrole nitrogens is 1. The Labute approximate surface area is 86.1 Å². The molecule has 2 heterocycles. The van der Waals surface area contributed by atoms with Crippen molar-refractivity contribution in [2.75, 3.05) is 0 Å². The molecule has 0 aliphatic rings. The lowest BCUT2D eigenvalue weighted by Crippen LogP contribution is -1.97. The van der Waals surface area contributed by atoms with Crippen LogP contribution in [-0.4, -0.2) is 15.0 Å². The van der Waals surface area contributed by atoms with E-state index in [-0.39, 0.29) is 0 Å². The molecule has 2 aromatic heterocycles. The maximum Gasteiger partial charge on any atom is 0.134 e. The summed E-state index contributed by atoms with van der Waals surface area (Å²) >= 11 is 5.96. The Hall–Kier alpha value is -1.39. The summed E-state index contributed by atoms with van der Waals surface area (Å²) < 4.78 is 0. The van der Waals surface area contributed by atoms with Gasteiger partial charge < -0.3 is 10.7 Å². The monoisotopic (exact) mass is 208 g/mol. The summed E-state index contributed by atoms with van der Waals surface area (Å²) in [5.41, 5.74) is 7.02. The number of halogens is 1. The normalized spacial score (nSPS) is 10.4. The van der Waals surface area contributed by atoms with Crippen LogP contribution in [0.2, 0.25) is 5.15 Å². The van der Waals surface area contributed by atoms with E-state index in [1.165, 1.54) is 0 Å². The summed E-state index contributed by atoms with van der Waals surface area (Å²) in [6.07, 6.45) is 3.41. The van der Waals surface area contributed by atoms with E-state index in [1.54, 1.807) is 12.4 Å². The summed E-state index contributed by atoms with van der Waals surface area (Å²) in [4.78, 5) is 11.1. The van der Waals surface area contributed by atoms with Crippen LogP contribution < -0.4 is 5.73 Å². The zero-order valence-electron chi connectivity index (χ0n) is 7.37. The first-order valence-electron chi connectivity index (χ1n) is 4.16. The zero-order chi connectivity index (χ0) is 9.97. The van der Waals surface area contributed by atoms with E-state index >= 15 is 0 Å². The Balaban J connectivity index is 2.46. The van der Waals surface area contributed by atoms with E-state index < -0.39 is 0 Å². The molecule has 0 fully saturated rings. The van der Waals surface area contributed by atoms with Gasteiger partial charge in [0, 0.05) is 18.0 Å². The highest BCUT2D eigenvalue weighted by Crippen LogP contribution is 2.24.